The predicted molar refractivity (Wildman–Crippen MR) is 91.3 cm³/mol. The van der Waals surface area contributed by atoms with Gasteiger partial charge in [-0.1, -0.05) is 0 Å². The number of rotatable bonds is 6. The molecule has 1 saturated heterocycles. The summed E-state index contributed by atoms with van der Waals surface area (Å²) in [6.07, 6.45) is 8.67. The zero-order valence-electron chi connectivity index (χ0n) is 13.6. The van der Waals surface area contributed by atoms with Crippen molar-refractivity contribution < 1.29 is 4.79 Å². The fraction of sp³-hybridized carbons (Fsp3) is 0.588. The molecule has 2 aromatic rings. The molecule has 1 aliphatic rings. The number of piperidine rings is 1. The normalized spacial score (nSPS) is 16.0. The number of nitrogens with zero attached hydrogens (tertiary/aromatic N) is 4. The highest BCUT2D eigenvalue weighted by molar-refractivity contribution is 7.09. The van der Waals surface area contributed by atoms with Gasteiger partial charge < -0.3 is 4.90 Å². The van der Waals surface area contributed by atoms with Crippen molar-refractivity contribution in [2.45, 2.75) is 45.6 Å². The molecule has 0 radical (unpaired) electrons. The molecular formula is C17H24N4OS. The maximum absolute atomic E-state index is 12.4. The fourth-order valence-electron chi connectivity index (χ4n) is 3.16. The molecule has 1 aliphatic heterocycles. The molecule has 0 aliphatic carbocycles. The Morgan fingerprint density at radius 2 is 2.22 bits per heavy atom. The van der Waals surface area contributed by atoms with Crippen molar-refractivity contribution in [3.8, 4) is 0 Å². The summed E-state index contributed by atoms with van der Waals surface area (Å²) in [7, 11) is 0. The van der Waals surface area contributed by atoms with Crippen LogP contribution in [-0.4, -0.2) is 38.7 Å². The molecule has 0 unspecified atom stereocenters. The Hall–Kier alpha value is -1.69. The van der Waals surface area contributed by atoms with E-state index in [1.54, 1.807) is 11.3 Å². The number of hydrogen-bond donors (Lipinski definition) is 0. The average molecular weight is 332 g/mol. The smallest absolute Gasteiger partial charge is 0.222 e. The van der Waals surface area contributed by atoms with Gasteiger partial charge in [-0.2, -0.15) is 5.10 Å². The van der Waals surface area contributed by atoms with Crippen LogP contribution in [0.3, 0.4) is 0 Å². The van der Waals surface area contributed by atoms with E-state index >= 15 is 0 Å². The van der Waals surface area contributed by atoms with Crippen LogP contribution in [0.4, 0.5) is 0 Å². The standard InChI is InChI=1S/C17H24N4OS/c1-14-16(23-13-18-14)3-4-17(22)20-10-5-15(6-11-20)7-12-21-9-2-8-19-21/h2,8-9,13,15H,3-7,10-12H2,1H3. The van der Waals surface area contributed by atoms with Gasteiger partial charge in [0.1, 0.15) is 0 Å². The van der Waals surface area contributed by atoms with Crippen molar-refractivity contribution in [3.63, 3.8) is 0 Å². The van der Waals surface area contributed by atoms with Crippen LogP contribution in [-0.2, 0) is 17.8 Å². The van der Waals surface area contributed by atoms with Gasteiger partial charge in [-0.3, -0.25) is 9.48 Å². The van der Waals surface area contributed by atoms with Crippen molar-refractivity contribution in [1.82, 2.24) is 19.7 Å². The second-order valence-corrected chi connectivity index (χ2v) is 7.18. The van der Waals surface area contributed by atoms with Crippen molar-refractivity contribution in [2.75, 3.05) is 13.1 Å². The largest absolute Gasteiger partial charge is 0.343 e. The highest BCUT2D eigenvalue weighted by Crippen LogP contribution is 2.22. The molecule has 5 nitrogen and oxygen atoms in total. The lowest BCUT2D eigenvalue weighted by molar-refractivity contribution is -0.132. The van der Waals surface area contributed by atoms with Crippen molar-refractivity contribution >= 4 is 17.2 Å². The Kier molecular flexibility index (Phi) is 5.43. The van der Waals surface area contributed by atoms with E-state index in [1.165, 1.54) is 4.88 Å². The summed E-state index contributed by atoms with van der Waals surface area (Å²) in [4.78, 5) is 19.9. The zero-order chi connectivity index (χ0) is 16.1. The number of hydrogen-bond acceptors (Lipinski definition) is 4. The summed E-state index contributed by atoms with van der Waals surface area (Å²) in [5, 5.41) is 4.25. The van der Waals surface area contributed by atoms with Gasteiger partial charge in [0, 0.05) is 43.3 Å². The minimum absolute atomic E-state index is 0.295. The van der Waals surface area contributed by atoms with Crippen LogP contribution in [0.5, 0.6) is 0 Å². The number of aryl methyl sites for hydroxylation is 3. The minimum Gasteiger partial charge on any atom is -0.343 e. The molecule has 3 heterocycles. The van der Waals surface area contributed by atoms with Crippen LogP contribution in [0.1, 0.15) is 36.3 Å². The maximum Gasteiger partial charge on any atom is 0.222 e. The van der Waals surface area contributed by atoms with Crippen LogP contribution < -0.4 is 0 Å². The molecule has 1 fully saturated rings. The van der Waals surface area contributed by atoms with Gasteiger partial charge in [0.15, 0.2) is 0 Å². The first kappa shape index (κ1) is 16.2. The Bertz CT molecular complexity index is 614. The third-order valence-electron chi connectivity index (χ3n) is 4.70. The Labute approximate surface area is 141 Å². The lowest BCUT2D eigenvalue weighted by Gasteiger charge is -2.32. The van der Waals surface area contributed by atoms with E-state index < -0.39 is 0 Å². The molecule has 23 heavy (non-hydrogen) atoms. The molecule has 3 rings (SSSR count). The van der Waals surface area contributed by atoms with E-state index in [-0.39, 0.29) is 0 Å². The molecule has 0 spiro atoms. The van der Waals surface area contributed by atoms with Gasteiger partial charge in [-0.15, -0.1) is 11.3 Å². The highest BCUT2D eigenvalue weighted by Gasteiger charge is 2.22. The number of thiazole rings is 1. The van der Waals surface area contributed by atoms with Gasteiger partial charge in [-0.25, -0.2) is 4.98 Å². The quantitative estimate of drug-likeness (QED) is 0.817. The molecule has 1 amide bonds. The SMILES string of the molecule is Cc1ncsc1CCC(=O)N1CCC(CCn2cccn2)CC1. The van der Waals surface area contributed by atoms with E-state index in [1.807, 2.05) is 40.5 Å². The van der Waals surface area contributed by atoms with Crippen molar-refractivity contribution in [3.05, 3.63) is 34.5 Å². The molecule has 2 aromatic heterocycles. The highest BCUT2D eigenvalue weighted by atomic mass is 32.1. The van der Waals surface area contributed by atoms with Gasteiger partial charge in [0.2, 0.25) is 5.91 Å². The summed E-state index contributed by atoms with van der Waals surface area (Å²) in [5.74, 6) is 1.01. The number of likely N-dealkylation sites (tertiary alicyclic amines) is 1. The van der Waals surface area contributed by atoms with E-state index in [0.717, 1.165) is 51.0 Å². The monoisotopic (exact) mass is 332 g/mol. The van der Waals surface area contributed by atoms with E-state index in [4.69, 9.17) is 0 Å². The number of carbonyl (C=O) groups is 1. The second-order valence-electron chi connectivity index (χ2n) is 6.24. The van der Waals surface area contributed by atoms with Crippen molar-refractivity contribution in [2.24, 2.45) is 5.92 Å². The lowest BCUT2D eigenvalue weighted by atomic mass is 9.93. The topological polar surface area (TPSA) is 51.0 Å². The summed E-state index contributed by atoms with van der Waals surface area (Å²) >= 11 is 1.65. The van der Waals surface area contributed by atoms with Crippen molar-refractivity contribution in [1.29, 1.82) is 0 Å². The van der Waals surface area contributed by atoms with Crippen LogP contribution in [0.2, 0.25) is 0 Å². The molecule has 6 heteroatoms. The fourth-order valence-corrected chi connectivity index (χ4v) is 3.94. The first-order valence-electron chi connectivity index (χ1n) is 8.36. The maximum atomic E-state index is 12.4. The molecule has 0 aromatic carbocycles. The van der Waals surface area contributed by atoms with E-state index in [2.05, 4.69) is 10.1 Å². The lowest BCUT2D eigenvalue weighted by Crippen LogP contribution is -2.38. The zero-order valence-corrected chi connectivity index (χ0v) is 14.5. The second kappa shape index (κ2) is 7.73. The van der Waals surface area contributed by atoms with Gasteiger partial charge in [-0.05, 0) is 44.6 Å². The van der Waals surface area contributed by atoms with Crippen LogP contribution in [0.15, 0.2) is 24.0 Å². The average Bonchev–Trinajstić information content (AvgIpc) is 3.23. The Morgan fingerprint density at radius 3 is 2.87 bits per heavy atom. The molecular weight excluding hydrogens is 308 g/mol. The first-order valence-corrected chi connectivity index (χ1v) is 9.24. The Morgan fingerprint density at radius 1 is 1.39 bits per heavy atom. The number of amides is 1. The number of carbonyl (C=O) groups excluding carboxylic acids is 1. The van der Waals surface area contributed by atoms with Gasteiger partial charge in [0.05, 0.1) is 11.2 Å². The predicted octanol–water partition coefficient (Wildman–Crippen LogP) is 2.91. The minimum atomic E-state index is 0.295. The summed E-state index contributed by atoms with van der Waals surface area (Å²) < 4.78 is 1.99. The van der Waals surface area contributed by atoms with Crippen LogP contribution in [0.25, 0.3) is 0 Å². The van der Waals surface area contributed by atoms with Crippen LogP contribution >= 0.6 is 11.3 Å². The summed E-state index contributed by atoms with van der Waals surface area (Å²) in [6.45, 7) is 4.81. The molecule has 0 saturated carbocycles. The first-order chi connectivity index (χ1) is 11.2. The summed E-state index contributed by atoms with van der Waals surface area (Å²) in [6, 6.07) is 1.96. The third-order valence-corrected chi connectivity index (χ3v) is 5.70. The van der Waals surface area contributed by atoms with E-state index in [9.17, 15) is 4.79 Å². The molecule has 0 atom stereocenters. The van der Waals surface area contributed by atoms with Gasteiger partial charge >= 0.3 is 0 Å². The molecule has 0 bridgehead atoms. The molecule has 0 N–H and O–H groups in total. The third kappa shape index (κ3) is 4.41. The van der Waals surface area contributed by atoms with E-state index in [0.29, 0.717) is 18.2 Å². The number of aromatic nitrogens is 3. The Balaban J connectivity index is 1.38. The molecule has 124 valence electrons. The summed E-state index contributed by atoms with van der Waals surface area (Å²) in [5.41, 5.74) is 2.93. The van der Waals surface area contributed by atoms with Crippen LogP contribution in [0, 0.1) is 12.8 Å². The van der Waals surface area contributed by atoms with Gasteiger partial charge in [0.25, 0.3) is 0 Å².